The van der Waals surface area contributed by atoms with E-state index in [1.54, 1.807) is 23.9 Å². The molecule has 0 aliphatic carbocycles. The molecule has 1 atom stereocenters. The second-order valence-electron chi connectivity index (χ2n) is 5.42. The number of sulfone groups is 1. The Morgan fingerprint density at radius 3 is 2.90 bits per heavy atom. The molecule has 1 aliphatic heterocycles. The van der Waals surface area contributed by atoms with Crippen molar-refractivity contribution in [3.8, 4) is 0 Å². The molecule has 0 aromatic carbocycles. The van der Waals surface area contributed by atoms with Gasteiger partial charge in [-0.1, -0.05) is 6.92 Å². The number of amides is 2. The summed E-state index contributed by atoms with van der Waals surface area (Å²) in [5.74, 6) is 0.716. The topological polar surface area (TPSA) is 93.1 Å². The van der Waals surface area contributed by atoms with E-state index in [-0.39, 0.29) is 11.5 Å². The second-order valence-corrected chi connectivity index (χ2v) is 7.61. The predicted molar refractivity (Wildman–Crippen MR) is 76.3 cm³/mol. The Bertz CT molecular complexity index is 596. The molecule has 1 aromatic rings. The fourth-order valence-corrected chi connectivity index (χ4v) is 4.45. The number of aromatic nitrogens is 2. The summed E-state index contributed by atoms with van der Waals surface area (Å²) in [7, 11) is -3.04. The van der Waals surface area contributed by atoms with Crippen molar-refractivity contribution in [1.82, 2.24) is 15.1 Å². The fraction of sp³-hybridized carbons (Fsp3) is 0.667. The number of urea groups is 1. The summed E-state index contributed by atoms with van der Waals surface area (Å²) in [6.45, 7) is 4.49. The molecule has 1 saturated heterocycles. The van der Waals surface area contributed by atoms with Crippen molar-refractivity contribution in [2.75, 3.05) is 16.8 Å². The van der Waals surface area contributed by atoms with Gasteiger partial charge in [-0.25, -0.2) is 17.9 Å². The monoisotopic (exact) mass is 300 g/mol. The van der Waals surface area contributed by atoms with E-state index in [0.29, 0.717) is 18.8 Å². The van der Waals surface area contributed by atoms with Crippen LogP contribution in [0.4, 0.5) is 10.6 Å². The van der Waals surface area contributed by atoms with Crippen molar-refractivity contribution in [2.24, 2.45) is 0 Å². The van der Waals surface area contributed by atoms with Gasteiger partial charge in [0.25, 0.3) is 0 Å². The van der Waals surface area contributed by atoms with Gasteiger partial charge in [0.05, 0.1) is 23.2 Å². The van der Waals surface area contributed by atoms with Crippen LogP contribution >= 0.6 is 0 Å². The first-order chi connectivity index (χ1) is 9.34. The third-order valence-electron chi connectivity index (χ3n) is 3.31. The molecule has 2 heterocycles. The summed E-state index contributed by atoms with van der Waals surface area (Å²) >= 11 is 0. The minimum atomic E-state index is -3.04. The standard InChI is InChI=1S/C12H20N4O3S/c1-3-7-16-10(4-6-13-16)14-11(17)15-12(2)5-8-20(18,19)9-12/h4,6H,3,5,7-9H2,1-2H3,(H2,14,15,17)/t12-/m0/s1. The van der Waals surface area contributed by atoms with E-state index in [1.807, 2.05) is 6.92 Å². The van der Waals surface area contributed by atoms with Gasteiger partial charge in [0.1, 0.15) is 5.82 Å². The lowest BCUT2D eigenvalue weighted by atomic mass is 10.0. The highest BCUT2D eigenvalue weighted by Crippen LogP contribution is 2.22. The number of rotatable bonds is 4. The Kier molecular flexibility index (Phi) is 4.03. The number of hydrogen-bond donors (Lipinski definition) is 2. The van der Waals surface area contributed by atoms with Gasteiger partial charge < -0.3 is 5.32 Å². The van der Waals surface area contributed by atoms with E-state index in [2.05, 4.69) is 15.7 Å². The largest absolute Gasteiger partial charge is 0.332 e. The molecule has 0 saturated carbocycles. The van der Waals surface area contributed by atoms with E-state index < -0.39 is 21.4 Å². The number of carbonyl (C=O) groups excluding carboxylic acids is 1. The van der Waals surface area contributed by atoms with Crippen LogP contribution in [0, 0.1) is 0 Å². The normalized spacial score (nSPS) is 24.5. The molecule has 1 aromatic heterocycles. The van der Waals surface area contributed by atoms with Crippen LogP contribution in [0.15, 0.2) is 12.3 Å². The van der Waals surface area contributed by atoms with E-state index in [1.165, 1.54) is 0 Å². The first-order valence-electron chi connectivity index (χ1n) is 6.65. The Hall–Kier alpha value is -1.57. The number of nitrogens with zero attached hydrogens (tertiary/aromatic N) is 2. The molecule has 0 spiro atoms. The predicted octanol–water partition coefficient (Wildman–Crippen LogP) is 0.992. The summed E-state index contributed by atoms with van der Waals surface area (Å²) in [5, 5.41) is 9.57. The van der Waals surface area contributed by atoms with Crippen LogP contribution in [-0.2, 0) is 16.4 Å². The number of anilines is 1. The van der Waals surface area contributed by atoms with Gasteiger partial charge >= 0.3 is 6.03 Å². The van der Waals surface area contributed by atoms with Crippen LogP contribution < -0.4 is 10.6 Å². The van der Waals surface area contributed by atoms with Crippen LogP contribution in [0.2, 0.25) is 0 Å². The van der Waals surface area contributed by atoms with Gasteiger partial charge in [-0.2, -0.15) is 5.10 Å². The third-order valence-corrected chi connectivity index (χ3v) is 5.22. The maximum atomic E-state index is 12.0. The van der Waals surface area contributed by atoms with Crippen LogP contribution in [-0.4, -0.2) is 41.3 Å². The Morgan fingerprint density at radius 1 is 1.55 bits per heavy atom. The van der Waals surface area contributed by atoms with E-state index in [0.717, 1.165) is 6.42 Å². The van der Waals surface area contributed by atoms with Crippen LogP contribution in [0.1, 0.15) is 26.7 Å². The lowest BCUT2D eigenvalue weighted by molar-refractivity contribution is 0.242. The van der Waals surface area contributed by atoms with E-state index in [9.17, 15) is 13.2 Å². The second kappa shape index (κ2) is 5.43. The molecule has 7 nitrogen and oxygen atoms in total. The van der Waals surface area contributed by atoms with Crippen LogP contribution in [0.5, 0.6) is 0 Å². The molecule has 0 radical (unpaired) electrons. The van der Waals surface area contributed by atoms with Crippen LogP contribution in [0.25, 0.3) is 0 Å². The van der Waals surface area contributed by atoms with Crippen molar-refractivity contribution in [2.45, 2.75) is 38.8 Å². The zero-order valence-corrected chi connectivity index (χ0v) is 12.5. The number of hydrogen-bond acceptors (Lipinski definition) is 4. The zero-order chi connectivity index (χ0) is 14.8. The molecule has 0 unspecified atom stereocenters. The first kappa shape index (κ1) is 14.8. The molecule has 8 heteroatoms. The molecule has 0 bridgehead atoms. The SMILES string of the molecule is CCCn1nccc1NC(=O)N[C@@]1(C)CCS(=O)(=O)C1. The molecule has 1 aliphatic rings. The van der Waals surface area contributed by atoms with Gasteiger partial charge in [-0.3, -0.25) is 5.32 Å². The molecule has 2 amide bonds. The molecule has 1 fully saturated rings. The highest BCUT2D eigenvalue weighted by molar-refractivity contribution is 7.91. The number of aryl methyl sites for hydroxylation is 1. The Labute approximate surface area is 118 Å². The van der Waals surface area contributed by atoms with E-state index in [4.69, 9.17) is 0 Å². The van der Waals surface area contributed by atoms with E-state index >= 15 is 0 Å². The number of carbonyl (C=O) groups is 1. The van der Waals surface area contributed by atoms with Crippen molar-refractivity contribution >= 4 is 21.7 Å². The van der Waals surface area contributed by atoms with Gasteiger partial charge in [-0.15, -0.1) is 0 Å². The lowest BCUT2D eigenvalue weighted by Gasteiger charge is -2.24. The molecule has 2 N–H and O–H groups in total. The van der Waals surface area contributed by atoms with Crippen molar-refractivity contribution < 1.29 is 13.2 Å². The lowest BCUT2D eigenvalue weighted by Crippen LogP contribution is -2.48. The summed E-state index contributed by atoms with van der Waals surface area (Å²) in [6, 6.07) is 1.31. The quantitative estimate of drug-likeness (QED) is 0.867. The average molecular weight is 300 g/mol. The summed E-state index contributed by atoms with van der Waals surface area (Å²) in [4.78, 5) is 12.0. The summed E-state index contributed by atoms with van der Waals surface area (Å²) in [5.41, 5.74) is -0.696. The smallest absolute Gasteiger partial charge is 0.320 e. The minimum Gasteiger partial charge on any atom is -0.332 e. The zero-order valence-electron chi connectivity index (χ0n) is 11.7. The van der Waals surface area contributed by atoms with Gasteiger partial charge in [0.15, 0.2) is 9.84 Å². The highest BCUT2D eigenvalue weighted by Gasteiger charge is 2.39. The van der Waals surface area contributed by atoms with Crippen molar-refractivity contribution in [1.29, 1.82) is 0 Å². The molecule has 20 heavy (non-hydrogen) atoms. The van der Waals surface area contributed by atoms with Gasteiger partial charge in [0, 0.05) is 12.6 Å². The molecular formula is C12H20N4O3S. The van der Waals surface area contributed by atoms with Gasteiger partial charge in [0.2, 0.25) is 0 Å². The third kappa shape index (κ3) is 3.50. The van der Waals surface area contributed by atoms with Crippen molar-refractivity contribution in [3.05, 3.63) is 12.3 Å². The molecular weight excluding hydrogens is 280 g/mol. The van der Waals surface area contributed by atoms with Crippen molar-refractivity contribution in [3.63, 3.8) is 0 Å². The number of nitrogens with one attached hydrogen (secondary N) is 2. The summed E-state index contributed by atoms with van der Waals surface area (Å²) in [6.07, 6.45) is 2.97. The molecule has 2 rings (SSSR count). The average Bonchev–Trinajstić information content (AvgIpc) is 2.84. The highest BCUT2D eigenvalue weighted by atomic mass is 32.2. The van der Waals surface area contributed by atoms with Gasteiger partial charge in [-0.05, 0) is 19.8 Å². The fourth-order valence-electron chi connectivity index (χ4n) is 2.36. The minimum absolute atomic E-state index is 0.0123. The Balaban J connectivity index is 1.97. The summed E-state index contributed by atoms with van der Waals surface area (Å²) < 4.78 is 24.7. The maximum Gasteiger partial charge on any atom is 0.320 e. The first-order valence-corrected chi connectivity index (χ1v) is 8.47. The maximum absolute atomic E-state index is 12.0. The Morgan fingerprint density at radius 2 is 2.30 bits per heavy atom. The van der Waals surface area contributed by atoms with Crippen LogP contribution in [0.3, 0.4) is 0 Å². The molecule has 112 valence electrons.